The highest BCUT2D eigenvalue weighted by molar-refractivity contribution is 9.10. The molecule has 0 amide bonds. The summed E-state index contributed by atoms with van der Waals surface area (Å²) >= 11 is 3.42. The highest BCUT2D eigenvalue weighted by atomic mass is 79.9. The second kappa shape index (κ2) is 4.90. The van der Waals surface area contributed by atoms with Gasteiger partial charge in [0.25, 0.3) is 0 Å². The molecule has 0 aromatic carbocycles. The Balaban J connectivity index is 0.000000963. The molecule has 3 rings (SSSR count). The van der Waals surface area contributed by atoms with Gasteiger partial charge in [-0.25, -0.2) is 4.98 Å². The lowest BCUT2D eigenvalue weighted by Crippen LogP contribution is -2.52. The van der Waals surface area contributed by atoms with Crippen LogP contribution in [0.3, 0.4) is 0 Å². The molecule has 0 aliphatic carbocycles. The third-order valence-electron chi connectivity index (χ3n) is 3.36. The van der Waals surface area contributed by atoms with Gasteiger partial charge < -0.3 is 10.2 Å². The maximum atomic E-state index is 4.49. The van der Waals surface area contributed by atoms with E-state index in [4.69, 9.17) is 0 Å². The molecule has 2 atom stereocenters. The Hall–Kier alpha value is -0.320. The monoisotopic (exact) mass is 303 g/mol. The molecule has 1 aromatic rings. The van der Waals surface area contributed by atoms with Crippen molar-refractivity contribution >= 4 is 34.2 Å². The maximum Gasteiger partial charge on any atom is 0.129 e. The highest BCUT2D eigenvalue weighted by Crippen LogP contribution is 2.31. The SMILES string of the molecule is Brc1ccc(N2[C@@H]3CC[C@H]2CNC3)nc1.Cl. The first-order valence-corrected chi connectivity index (χ1v) is 6.24. The Morgan fingerprint density at radius 3 is 2.50 bits per heavy atom. The lowest BCUT2D eigenvalue weighted by Gasteiger charge is -2.36. The van der Waals surface area contributed by atoms with Crippen molar-refractivity contribution in [1.82, 2.24) is 10.3 Å². The molecule has 0 saturated carbocycles. The number of halogens is 2. The van der Waals surface area contributed by atoms with Gasteiger partial charge in [0.15, 0.2) is 0 Å². The summed E-state index contributed by atoms with van der Waals surface area (Å²) in [6.45, 7) is 2.21. The van der Waals surface area contributed by atoms with Crippen LogP contribution in [-0.2, 0) is 0 Å². The molecule has 1 N–H and O–H groups in total. The Morgan fingerprint density at radius 2 is 1.94 bits per heavy atom. The van der Waals surface area contributed by atoms with Crippen molar-refractivity contribution in [3.63, 3.8) is 0 Å². The summed E-state index contributed by atoms with van der Waals surface area (Å²) in [7, 11) is 0. The van der Waals surface area contributed by atoms with Crippen molar-refractivity contribution < 1.29 is 0 Å². The molecule has 2 fully saturated rings. The van der Waals surface area contributed by atoms with Gasteiger partial charge in [0, 0.05) is 35.8 Å². The molecule has 3 nitrogen and oxygen atoms in total. The summed E-state index contributed by atoms with van der Waals surface area (Å²) in [6, 6.07) is 5.49. The molecular weight excluding hydrogens is 289 g/mol. The second-order valence-electron chi connectivity index (χ2n) is 4.29. The predicted octanol–water partition coefficient (Wildman–Crippen LogP) is 2.21. The minimum atomic E-state index is 0. The maximum absolute atomic E-state index is 4.49. The number of fused-ring (bicyclic) bond motifs is 2. The van der Waals surface area contributed by atoms with Crippen LogP contribution in [0.5, 0.6) is 0 Å². The van der Waals surface area contributed by atoms with Gasteiger partial charge in [-0.1, -0.05) is 0 Å². The molecule has 5 heteroatoms. The third kappa shape index (κ3) is 2.06. The van der Waals surface area contributed by atoms with Crippen LogP contribution in [0.25, 0.3) is 0 Å². The number of hydrogen-bond donors (Lipinski definition) is 1. The third-order valence-corrected chi connectivity index (χ3v) is 3.83. The number of rotatable bonds is 1. The van der Waals surface area contributed by atoms with Crippen molar-refractivity contribution in [3.05, 3.63) is 22.8 Å². The van der Waals surface area contributed by atoms with E-state index >= 15 is 0 Å². The number of aromatic nitrogens is 1. The molecule has 2 saturated heterocycles. The second-order valence-corrected chi connectivity index (χ2v) is 5.20. The number of anilines is 1. The minimum Gasteiger partial charge on any atom is -0.348 e. The largest absolute Gasteiger partial charge is 0.348 e. The molecule has 0 spiro atoms. The van der Waals surface area contributed by atoms with Crippen LogP contribution < -0.4 is 10.2 Å². The molecular formula is C11H15BrClN3. The summed E-state index contributed by atoms with van der Waals surface area (Å²) in [5, 5.41) is 3.48. The van der Waals surface area contributed by atoms with E-state index in [1.165, 1.54) is 12.8 Å². The molecule has 2 aliphatic heterocycles. The average Bonchev–Trinajstić information content (AvgIpc) is 2.51. The van der Waals surface area contributed by atoms with Gasteiger partial charge in [0.1, 0.15) is 5.82 Å². The molecule has 3 heterocycles. The van der Waals surface area contributed by atoms with Gasteiger partial charge in [0.2, 0.25) is 0 Å². The zero-order valence-corrected chi connectivity index (χ0v) is 11.3. The fraction of sp³-hybridized carbons (Fsp3) is 0.545. The van der Waals surface area contributed by atoms with E-state index in [1.54, 1.807) is 0 Å². The smallest absolute Gasteiger partial charge is 0.129 e. The van der Waals surface area contributed by atoms with Crippen LogP contribution >= 0.6 is 28.3 Å². The Morgan fingerprint density at radius 1 is 1.25 bits per heavy atom. The molecule has 2 bridgehead atoms. The summed E-state index contributed by atoms with van der Waals surface area (Å²) in [5.41, 5.74) is 0. The molecule has 1 aromatic heterocycles. The topological polar surface area (TPSA) is 28.2 Å². The lowest BCUT2D eigenvalue weighted by atomic mass is 10.2. The number of piperazine rings is 1. The highest BCUT2D eigenvalue weighted by Gasteiger charge is 2.36. The fourth-order valence-electron chi connectivity index (χ4n) is 2.67. The van der Waals surface area contributed by atoms with Gasteiger partial charge in [0.05, 0.1) is 0 Å². The van der Waals surface area contributed by atoms with Crippen molar-refractivity contribution in [2.24, 2.45) is 0 Å². The first-order valence-electron chi connectivity index (χ1n) is 5.45. The van der Waals surface area contributed by atoms with Crippen molar-refractivity contribution in [1.29, 1.82) is 0 Å². The first kappa shape index (κ1) is 12.1. The van der Waals surface area contributed by atoms with E-state index in [0.29, 0.717) is 12.1 Å². The van der Waals surface area contributed by atoms with E-state index in [2.05, 4.69) is 43.3 Å². The number of hydrogen-bond acceptors (Lipinski definition) is 3. The van der Waals surface area contributed by atoms with E-state index in [0.717, 1.165) is 23.4 Å². The van der Waals surface area contributed by atoms with Gasteiger partial charge in [-0.15, -0.1) is 12.4 Å². The summed E-state index contributed by atoms with van der Waals surface area (Å²) in [4.78, 5) is 6.98. The van der Waals surface area contributed by atoms with Crippen molar-refractivity contribution in [2.75, 3.05) is 18.0 Å². The standard InChI is InChI=1S/C11H14BrN3.ClH/c12-8-1-4-11(14-5-8)15-9-2-3-10(15)7-13-6-9;/h1,4-5,9-10,13H,2-3,6-7H2;1H/t9-,10+;. The van der Waals surface area contributed by atoms with Crippen LogP contribution in [0.4, 0.5) is 5.82 Å². The van der Waals surface area contributed by atoms with Gasteiger partial charge >= 0.3 is 0 Å². The fourth-order valence-corrected chi connectivity index (χ4v) is 2.91. The normalized spacial score (nSPS) is 27.7. The Kier molecular flexibility index (Phi) is 3.72. The summed E-state index contributed by atoms with van der Waals surface area (Å²) < 4.78 is 1.05. The van der Waals surface area contributed by atoms with Crippen LogP contribution in [0.15, 0.2) is 22.8 Å². The molecule has 88 valence electrons. The summed E-state index contributed by atoms with van der Waals surface area (Å²) in [5.74, 6) is 1.13. The predicted molar refractivity (Wildman–Crippen MR) is 71.3 cm³/mol. The van der Waals surface area contributed by atoms with Gasteiger partial charge in [-0.2, -0.15) is 0 Å². The number of nitrogens with zero attached hydrogens (tertiary/aromatic N) is 2. The van der Waals surface area contributed by atoms with E-state index in [9.17, 15) is 0 Å². The number of pyridine rings is 1. The van der Waals surface area contributed by atoms with Crippen LogP contribution in [0.2, 0.25) is 0 Å². The Bertz CT molecular complexity index is 341. The number of nitrogens with one attached hydrogen (secondary N) is 1. The average molecular weight is 305 g/mol. The van der Waals surface area contributed by atoms with Gasteiger partial charge in [-0.3, -0.25) is 0 Å². The zero-order valence-electron chi connectivity index (χ0n) is 8.90. The van der Waals surface area contributed by atoms with E-state index < -0.39 is 0 Å². The van der Waals surface area contributed by atoms with Crippen LogP contribution in [0, 0.1) is 0 Å². The zero-order chi connectivity index (χ0) is 10.3. The lowest BCUT2D eigenvalue weighted by molar-refractivity contribution is 0.481. The van der Waals surface area contributed by atoms with Gasteiger partial charge in [-0.05, 0) is 40.9 Å². The quantitative estimate of drug-likeness (QED) is 0.862. The summed E-state index contributed by atoms with van der Waals surface area (Å²) in [6.07, 6.45) is 4.49. The van der Waals surface area contributed by atoms with Crippen molar-refractivity contribution in [2.45, 2.75) is 24.9 Å². The molecule has 16 heavy (non-hydrogen) atoms. The van der Waals surface area contributed by atoms with Crippen LogP contribution in [-0.4, -0.2) is 30.2 Å². The van der Waals surface area contributed by atoms with Crippen molar-refractivity contribution in [3.8, 4) is 0 Å². The molecule has 2 aliphatic rings. The Labute approximate surface area is 110 Å². The first-order chi connectivity index (χ1) is 7.34. The molecule has 0 radical (unpaired) electrons. The van der Waals surface area contributed by atoms with Crippen LogP contribution in [0.1, 0.15) is 12.8 Å². The minimum absolute atomic E-state index is 0. The van der Waals surface area contributed by atoms with E-state index in [-0.39, 0.29) is 12.4 Å². The molecule has 0 unspecified atom stereocenters. The van der Waals surface area contributed by atoms with E-state index in [1.807, 2.05) is 6.20 Å².